The molecular formula is C12H14ClN3O3. The average Bonchev–Trinajstić information content (AvgIpc) is 2.27. The summed E-state index contributed by atoms with van der Waals surface area (Å²) in [6.45, 7) is -0.530. The summed E-state index contributed by atoms with van der Waals surface area (Å²) in [4.78, 5) is 34.9. The van der Waals surface area contributed by atoms with Crippen LogP contribution in [-0.4, -0.2) is 42.1 Å². The molecule has 0 aliphatic heterocycles. The number of ketones is 1. The van der Waals surface area contributed by atoms with Crippen molar-refractivity contribution in [3.05, 3.63) is 34.9 Å². The SMILES string of the molecule is NC(=O)CN(CC(N)=O)CC(=O)c1ccc(Cl)cc1. The van der Waals surface area contributed by atoms with Crippen LogP contribution in [0.25, 0.3) is 0 Å². The number of halogens is 1. The van der Waals surface area contributed by atoms with Crippen molar-refractivity contribution in [2.45, 2.75) is 0 Å². The molecule has 2 amide bonds. The second-order valence-electron chi connectivity index (χ2n) is 4.01. The zero-order valence-electron chi connectivity index (χ0n) is 10.1. The predicted molar refractivity (Wildman–Crippen MR) is 70.6 cm³/mol. The molecule has 0 fully saturated rings. The van der Waals surface area contributed by atoms with Gasteiger partial charge in [0.05, 0.1) is 19.6 Å². The molecule has 102 valence electrons. The summed E-state index contributed by atoms with van der Waals surface area (Å²) in [5, 5.41) is 0.516. The van der Waals surface area contributed by atoms with E-state index < -0.39 is 11.8 Å². The molecule has 4 N–H and O–H groups in total. The van der Waals surface area contributed by atoms with E-state index in [1.807, 2.05) is 0 Å². The molecule has 1 aromatic carbocycles. The van der Waals surface area contributed by atoms with Crippen molar-refractivity contribution in [3.8, 4) is 0 Å². The van der Waals surface area contributed by atoms with E-state index in [9.17, 15) is 14.4 Å². The summed E-state index contributed by atoms with van der Waals surface area (Å²) < 4.78 is 0. The molecule has 0 saturated heterocycles. The fourth-order valence-electron chi connectivity index (χ4n) is 1.54. The van der Waals surface area contributed by atoms with Gasteiger partial charge in [0.1, 0.15) is 0 Å². The maximum absolute atomic E-state index is 11.9. The Morgan fingerprint density at radius 2 is 1.42 bits per heavy atom. The fourth-order valence-corrected chi connectivity index (χ4v) is 1.66. The molecule has 0 spiro atoms. The topological polar surface area (TPSA) is 106 Å². The molecule has 0 heterocycles. The first-order valence-electron chi connectivity index (χ1n) is 5.46. The van der Waals surface area contributed by atoms with Crippen molar-refractivity contribution >= 4 is 29.2 Å². The van der Waals surface area contributed by atoms with Gasteiger partial charge in [-0.1, -0.05) is 11.6 Å². The molecule has 0 radical (unpaired) electrons. The Morgan fingerprint density at radius 3 is 1.84 bits per heavy atom. The van der Waals surface area contributed by atoms with Crippen LogP contribution in [0, 0.1) is 0 Å². The van der Waals surface area contributed by atoms with Gasteiger partial charge < -0.3 is 11.5 Å². The van der Waals surface area contributed by atoms with Gasteiger partial charge in [0.25, 0.3) is 0 Å². The third-order valence-electron chi connectivity index (χ3n) is 2.29. The van der Waals surface area contributed by atoms with Crippen LogP contribution in [0.1, 0.15) is 10.4 Å². The van der Waals surface area contributed by atoms with Gasteiger partial charge in [-0.2, -0.15) is 0 Å². The number of primary amides is 2. The van der Waals surface area contributed by atoms with Gasteiger partial charge in [0, 0.05) is 10.6 Å². The molecule has 0 aliphatic carbocycles. The standard InChI is InChI=1S/C12H14ClN3O3/c13-9-3-1-8(2-4-9)10(17)5-16(6-11(14)18)7-12(15)19/h1-4H,5-7H2,(H2,14,18)(H2,15,19). The first kappa shape index (κ1) is 15.1. The second kappa shape index (κ2) is 6.86. The lowest BCUT2D eigenvalue weighted by atomic mass is 10.1. The van der Waals surface area contributed by atoms with E-state index in [-0.39, 0.29) is 25.4 Å². The monoisotopic (exact) mass is 283 g/mol. The molecule has 7 heteroatoms. The van der Waals surface area contributed by atoms with Gasteiger partial charge in [0.15, 0.2) is 5.78 Å². The number of nitrogens with two attached hydrogens (primary N) is 2. The molecule has 6 nitrogen and oxygen atoms in total. The zero-order valence-corrected chi connectivity index (χ0v) is 10.9. The van der Waals surface area contributed by atoms with Crippen molar-refractivity contribution in [2.24, 2.45) is 11.5 Å². The Balaban J connectivity index is 2.72. The van der Waals surface area contributed by atoms with Gasteiger partial charge in [-0.05, 0) is 24.3 Å². The third-order valence-corrected chi connectivity index (χ3v) is 2.54. The molecule has 1 rings (SSSR count). The normalized spacial score (nSPS) is 10.4. The van der Waals surface area contributed by atoms with Crippen LogP contribution in [0.5, 0.6) is 0 Å². The Kier molecular flexibility index (Phi) is 5.47. The highest BCUT2D eigenvalue weighted by molar-refractivity contribution is 6.30. The lowest BCUT2D eigenvalue weighted by Gasteiger charge is -2.17. The number of rotatable bonds is 7. The molecule has 0 aromatic heterocycles. The van der Waals surface area contributed by atoms with Gasteiger partial charge in [0.2, 0.25) is 11.8 Å². The Morgan fingerprint density at radius 1 is 0.947 bits per heavy atom. The highest BCUT2D eigenvalue weighted by Crippen LogP contribution is 2.10. The molecular weight excluding hydrogens is 270 g/mol. The van der Waals surface area contributed by atoms with E-state index in [0.29, 0.717) is 10.6 Å². The highest BCUT2D eigenvalue weighted by Gasteiger charge is 2.16. The van der Waals surface area contributed by atoms with E-state index in [2.05, 4.69) is 0 Å². The smallest absolute Gasteiger partial charge is 0.231 e. The van der Waals surface area contributed by atoms with E-state index in [4.69, 9.17) is 23.1 Å². The maximum atomic E-state index is 11.9. The van der Waals surface area contributed by atoms with E-state index in [1.165, 1.54) is 4.90 Å². The largest absolute Gasteiger partial charge is 0.369 e. The van der Waals surface area contributed by atoms with Crippen molar-refractivity contribution in [3.63, 3.8) is 0 Å². The lowest BCUT2D eigenvalue weighted by Crippen LogP contribution is -2.42. The average molecular weight is 284 g/mol. The minimum Gasteiger partial charge on any atom is -0.369 e. The quantitative estimate of drug-likeness (QED) is 0.676. The highest BCUT2D eigenvalue weighted by atomic mass is 35.5. The van der Waals surface area contributed by atoms with Crippen LogP contribution >= 0.6 is 11.6 Å². The van der Waals surface area contributed by atoms with Crippen molar-refractivity contribution in [2.75, 3.05) is 19.6 Å². The molecule has 0 saturated carbocycles. The van der Waals surface area contributed by atoms with E-state index in [1.54, 1.807) is 24.3 Å². The number of nitrogens with zero attached hydrogens (tertiary/aromatic N) is 1. The summed E-state index contributed by atoms with van der Waals surface area (Å²) in [5.74, 6) is -1.52. The number of amides is 2. The molecule has 0 unspecified atom stereocenters. The van der Waals surface area contributed by atoms with Crippen LogP contribution < -0.4 is 11.5 Å². The van der Waals surface area contributed by atoms with Gasteiger partial charge >= 0.3 is 0 Å². The number of hydrogen-bond donors (Lipinski definition) is 2. The van der Waals surface area contributed by atoms with Crippen LogP contribution in [0.3, 0.4) is 0 Å². The first-order chi connectivity index (χ1) is 8.88. The minimum atomic E-state index is -0.634. The summed E-state index contributed by atoms with van der Waals surface area (Å²) in [5.41, 5.74) is 10.5. The number of Topliss-reactive ketones (excluding diaryl/α,β-unsaturated/α-hetero) is 1. The molecule has 1 aromatic rings. The summed E-state index contributed by atoms with van der Waals surface area (Å²) in [6.07, 6.45) is 0. The molecule has 0 bridgehead atoms. The number of hydrogen-bond acceptors (Lipinski definition) is 4. The fraction of sp³-hybridized carbons (Fsp3) is 0.250. The van der Waals surface area contributed by atoms with Crippen LogP contribution in [0.4, 0.5) is 0 Å². The van der Waals surface area contributed by atoms with E-state index in [0.717, 1.165) is 0 Å². The Labute approximate surface area is 115 Å². The van der Waals surface area contributed by atoms with Crippen molar-refractivity contribution in [1.82, 2.24) is 4.90 Å². The Bertz CT molecular complexity index is 471. The lowest BCUT2D eigenvalue weighted by molar-refractivity contribution is -0.121. The summed E-state index contributed by atoms with van der Waals surface area (Å²) >= 11 is 5.72. The molecule has 0 atom stereocenters. The number of benzene rings is 1. The van der Waals surface area contributed by atoms with Gasteiger partial charge in [-0.3, -0.25) is 19.3 Å². The number of carbonyl (C=O) groups is 3. The third kappa shape index (κ3) is 5.50. The predicted octanol–water partition coefficient (Wildman–Crippen LogP) is -0.205. The minimum absolute atomic E-state index is 0.118. The van der Waals surface area contributed by atoms with Crippen molar-refractivity contribution in [1.29, 1.82) is 0 Å². The molecule has 19 heavy (non-hydrogen) atoms. The summed E-state index contributed by atoms with van der Waals surface area (Å²) in [6, 6.07) is 6.30. The maximum Gasteiger partial charge on any atom is 0.231 e. The second-order valence-corrected chi connectivity index (χ2v) is 4.44. The number of carbonyl (C=O) groups excluding carboxylic acids is 3. The molecule has 0 aliphatic rings. The van der Waals surface area contributed by atoms with Crippen LogP contribution in [0.2, 0.25) is 5.02 Å². The first-order valence-corrected chi connectivity index (χ1v) is 5.84. The van der Waals surface area contributed by atoms with Crippen LogP contribution in [0.15, 0.2) is 24.3 Å². The van der Waals surface area contributed by atoms with E-state index >= 15 is 0 Å². The van der Waals surface area contributed by atoms with Crippen LogP contribution in [-0.2, 0) is 9.59 Å². The van der Waals surface area contributed by atoms with Crippen molar-refractivity contribution < 1.29 is 14.4 Å². The van der Waals surface area contributed by atoms with Gasteiger partial charge in [-0.25, -0.2) is 0 Å². The Hall–Kier alpha value is -1.92. The zero-order chi connectivity index (χ0) is 14.4. The summed E-state index contributed by atoms with van der Waals surface area (Å²) in [7, 11) is 0. The van der Waals surface area contributed by atoms with Gasteiger partial charge in [-0.15, -0.1) is 0 Å².